The number of nitrogens with two attached hydrogens (primary N) is 3. The highest BCUT2D eigenvalue weighted by Crippen LogP contribution is 2.13. The molecule has 1 atom stereocenters. The molecule has 1 unspecified atom stereocenters. The van der Waals surface area contributed by atoms with E-state index >= 15 is 0 Å². The molecule has 0 aromatic rings. The van der Waals surface area contributed by atoms with Crippen molar-refractivity contribution in [2.75, 3.05) is 19.6 Å². The van der Waals surface area contributed by atoms with Crippen LogP contribution in [-0.2, 0) is 0 Å². The summed E-state index contributed by atoms with van der Waals surface area (Å²) in [6.45, 7) is 2.33. The second-order valence-corrected chi connectivity index (χ2v) is 3.48. The van der Waals surface area contributed by atoms with Crippen LogP contribution in [0, 0.1) is 12.3 Å². The third-order valence-corrected chi connectivity index (χ3v) is 2.30. The molecule has 6 N–H and O–H groups in total. The van der Waals surface area contributed by atoms with Crippen LogP contribution in [0.25, 0.3) is 0 Å². The van der Waals surface area contributed by atoms with E-state index in [-0.39, 0.29) is 0 Å². The number of unbranched alkanes of at least 4 members (excludes halogenated alkanes) is 2. The Hall–Kier alpha value is -0.120. The van der Waals surface area contributed by atoms with Crippen LogP contribution in [0.15, 0.2) is 0 Å². The molecule has 0 spiro atoms. The average molecular weight is 186 g/mol. The van der Waals surface area contributed by atoms with Gasteiger partial charge in [-0.1, -0.05) is 0 Å². The van der Waals surface area contributed by atoms with Gasteiger partial charge in [-0.2, -0.15) is 0 Å². The molecular formula is C10H24N3. The third kappa shape index (κ3) is 8.22. The van der Waals surface area contributed by atoms with Crippen molar-refractivity contribution in [3.05, 3.63) is 6.42 Å². The van der Waals surface area contributed by atoms with Gasteiger partial charge in [0.15, 0.2) is 0 Å². The van der Waals surface area contributed by atoms with Crippen LogP contribution in [0.1, 0.15) is 32.1 Å². The van der Waals surface area contributed by atoms with Gasteiger partial charge in [0, 0.05) is 0 Å². The first kappa shape index (κ1) is 12.9. The van der Waals surface area contributed by atoms with Crippen LogP contribution in [0.2, 0.25) is 0 Å². The van der Waals surface area contributed by atoms with Gasteiger partial charge in [0.2, 0.25) is 0 Å². The summed E-state index contributed by atoms with van der Waals surface area (Å²) in [6, 6.07) is 0. The SMILES string of the molecule is NCC[CH]CCC(CN)CCCN. The molecule has 1 radical (unpaired) electrons. The van der Waals surface area contributed by atoms with E-state index in [9.17, 15) is 0 Å². The molecular weight excluding hydrogens is 162 g/mol. The van der Waals surface area contributed by atoms with Gasteiger partial charge in [-0.15, -0.1) is 0 Å². The Morgan fingerprint density at radius 3 is 2.23 bits per heavy atom. The summed E-state index contributed by atoms with van der Waals surface area (Å²) in [4.78, 5) is 0. The standard InChI is InChI=1S/C10H24N3/c11-7-3-1-2-5-10(9-13)6-4-8-12/h1,10H,2-9,11-13H2. The van der Waals surface area contributed by atoms with Crippen LogP contribution < -0.4 is 17.2 Å². The van der Waals surface area contributed by atoms with Crippen molar-refractivity contribution in [3.63, 3.8) is 0 Å². The highest BCUT2D eigenvalue weighted by molar-refractivity contribution is 4.69. The summed E-state index contributed by atoms with van der Waals surface area (Å²) in [5.74, 6) is 0.651. The summed E-state index contributed by atoms with van der Waals surface area (Å²) in [7, 11) is 0. The third-order valence-electron chi connectivity index (χ3n) is 2.30. The van der Waals surface area contributed by atoms with Gasteiger partial charge in [-0.25, -0.2) is 0 Å². The molecule has 0 aliphatic heterocycles. The molecule has 0 bridgehead atoms. The zero-order valence-electron chi connectivity index (χ0n) is 8.54. The lowest BCUT2D eigenvalue weighted by molar-refractivity contribution is 0.445. The van der Waals surface area contributed by atoms with Crippen molar-refractivity contribution in [2.24, 2.45) is 23.1 Å². The first-order valence-corrected chi connectivity index (χ1v) is 5.27. The molecule has 0 saturated carbocycles. The van der Waals surface area contributed by atoms with E-state index in [1.165, 1.54) is 12.8 Å². The Bertz CT molecular complexity index is 96.2. The van der Waals surface area contributed by atoms with Crippen LogP contribution in [0.3, 0.4) is 0 Å². The Balaban J connectivity index is 3.25. The molecule has 13 heavy (non-hydrogen) atoms. The van der Waals surface area contributed by atoms with Crippen molar-refractivity contribution >= 4 is 0 Å². The monoisotopic (exact) mass is 186 g/mol. The molecule has 79 valence electrons. The quantitative estimate of drug-likeness (QED) is 0.462. The first-order valence-electron chi connectivity index (χ1n) is 5.27. The molecule has 0 saturated heterocycles. The maximum atomic E-state index is 5.65. The fraction of sp³-hybridized carbons (Fsp3) is 0.900. The van der Waals surface area contributed by atoms with Gasteiger partial charge < -0.3 is 17.2 Å². The first-order chi connectivity index (χ1) is 6.35. The maximum Gasteiger partial charge on any atom is -0.00489 e. The minimum atomic E-state index is 0.651. The molecule has 0 aromatic carbocycles. The second-order valence-electron chi connectivity index (χ2n) is 3.48. The van der Waals surface area contributed by atoms with E-state index in [1.54, 1.807) is 0 Å². The predicted octanol–water partition coefficient (Wildman–Crippen LogP) is 0.633. The van der Waals surface area contributed by atoms with Gasteiger partial charge in [0.25, 0.3) is 0 Å². The second kappa shape index (κ2) is 9.96. The normalized spacial score (nSPS) is 13.2. The lowest BCUT2D eigenvalue weighted by Crippen LogP contribution is -2.16. The van der Waals surface area contributed by atoms with E-state index in [0.717, 1.165) is 38.9 Å². The molecule has 0 aliphatic carbocycles. The molecule has 0 rings (SSSR count). The summed E-state index contributed by atoms with van der Waals surface area (Å²) in [5, 5.41) is 0. The Morgan fingerprint density at radius 1 is 0.923 bits per heavy atom. The number of hydrogen-bond donors (Lipinski definition) is 3. The summed E-state index contributed by atoms with van der Waals surface area (Å²) < 4.78 is 0. The molecule has 0 aliphatic rings. The molecule has 3 heteroatoms. The lowest BCUT2D eigenvalue weighted by atomic mass is 9.96. The minimum Gasteiger partial charge on any atom is -0.330 e. The van der Waals surface area contributed by atoms with Gasteiger partial charge >= 0.3 is 0 Å². The van der Waals surface area contributed by atoms with E-state index in [0.29, 0.717) is 5.92 Å². The molecule has 0 aromatic heterocycles. The number of rotatable bonds is 9. The molecule has 0 heterocycles. The zero-order valence-corrected chi connectivity index (χ0v) is 8.54. The van der Waals surface area contributed by atoms with Crippen LogP contribution >= 0.6 is 0 Å². The van der Waals surface area contributed by atoms with E-state index in [1.807, 2.05) is 0 Å². The fourth-order valence-electron chi connectivity index (χ4n) is 1.40. The maximum absolute atomic E-state index is 5.65. The lowest BCUT2D eigenvalue weighted by Gasteiger charge is -2.13. The topological polar surface area (TPSA) is 78.1 Å². The Labute approximate surface area is 82.0 Å². The molecule has 0 fully saturated rings. The van der Waals surface area contributed by atoms with Gasteiger partial charge in [0.1, 0.15) is 0 Å². The molecule has 0 amide bonds. The van der Waals surface area contributed by atoms with Gasteiger partial charge in [0.05, 0.1) is 0 Å². The number of hydrogen-bond acceptors (Lipinski definition) is 3. The van der Waals surface area contributed by atoms with Crippen LogP contribution in [0.5, 0.6) is 0 Å². The summed E-state index contributed by atoms with van der Waals surface area (Å²) >= 11 is 0. The fourth-order valence-corrected chi connectivity index (χ4v) is 1.40. The highest BCUT2D eigenvalue weighted by Gasteiger charge is 2.04. The zero-order chi connectivity index (χ0) is 9.94. The predicted molar refractivity (Wildman–Crippen MR) is 58.0 cm³/mol. The van der Waals surface area contributed by atoms with E-state index in [4.69, 9.17) is 17.2 Å². The highest BCUT2D eigenvalue weighted by atomic mass is 14.6. The van der Waals surface area contributed by atoms with Crippen molar-refractivity contribution in [2.45, 2.75) is 32.1 Å². The van der Waals surface area contributed by atoms with E-state index < -0.39 is 0 Å². The summed E-state index contributed by atoms with van der Waals surface area (Å²) in [6.07, 6.45) is 7.88. The van der Waals surface area contributed by atoms with E-state index in [2.05, 4.69) is 6.42 Å². The Morgan fingerprint density at radius 2 is 1.69 bits per heavy atom. The van der Waals surface area contributed by atoms with Crippen molar-refractivity contribution < 1.29 is 0 Å². The Kier molecular flexibility index (Phi) is 9.87. The van der Waals surface area contributed by atoms with Crippen LogP contribution in [0.4, 0.5) is 0 Å². The van der Waals surface area contributed by atoms with Crippen molar-refractivity contribution in [3.8, 4) is 0 Å². The molecule has 3 nitrogen and oxygen atoms in total. The van der Waals surface area contributed by atoms with Crippen LogP contribution in [-0.4, -0.2) is 19.6 Å². The summed E-state index contributed by atoms with van der Waals surface area (Å²) in [5.41, 5.74) is 16.5. The van der Waals surface area contributed by atoms with Crippen molar-refractivity contribution in [1.29, 1.82) is 0 Å². The van der Waals surface area contributed by atoms with Gasteiger partial charge in [-0.05, 0) is 64.1 Å². The minimum absolute atomic E-state index is 0.651. The average Bonchev–Trinajstić information content (AvgIpc) is 2.17. The smallest absolute Gasteiger partial charge is 0.00489 e. The van der Waals surface area contributed by atoms with Gasteiger partial charge in [-0.3, -0.25) is 0 Å². The largest absolute Gasteiger partial charge is 0.330 e. The van der Waals surface area contributed by atoms with Crippen molar-refractivity contribution in [1.82, 2.24) is 0 Å².